The molecule has 0 bridgehead atoms. The molecule has 5 nitrogen and oxygen atoms in total. The number of hydrogen-bond acceptors (Lipinski definition) is 4. The Morgan fingerprint density at radius 2 is 2.24 bits per heavy atom. The van der Waals surface area contributed by atoms with E-state index in [-0.39, 0.29) is 12.1 Å². The number of benzene rings is 1. The normalized spacial score (nSPS) is 21.1. The van der Waals surface area contributed by atoms with Crippen LogP contribution in [0.5, 0.6) is 0 Å². The maximum atomic E-state index is 12.4. The van der Waals surface area contributed by atoms with Crippen molar-refractivity contribution in [2.75, 3.05) is 19.8 Å². The Hall–Kier alpha value is -0.950. The molecule has 0 radical (unpaired) electrons. The Labute approximate surface area is 127 Å². The molecule has 21 heavy (non-hydrogen) atoms. The fraction of sp³-hybridized carbons (Fsp3) is 0.600. The van der Waals surface area contributed by atoms with Crippen molar-refractivity contribution in [3.63, 3.8) is 0 Å². The van der Waals surface area contributed by atoms with E-state index < -0.39 is 10.0 Å². The van der Waals surface area contributed by atoms with Crippen LogP contribution in [0.1, 0.15) is 38.3 Å². The van der Waals surface area contributed by atoms with Crippen molar-refractivity contribution < 1.29 is 13.2 Å². The highest BCUT2D eigenvalue weighted by Gasteiger charge is 2.22. The van der Waals surface area contributed by atoms with Gasteiger partial charge < -0.3 is 10.1 Å². The molecule has 1 aromatic carbocycles. The maximum Gasteiger partial charge on any atom is 0.240 e. The van der Waals surface area contributed by atoms with Gasteiger partial charge in [-0.1, -0.05) is 19.1 Å². The summed E-state index contributed by atoms with van der Waals surface area (Å²) in [6.07, 6.45) is 1.72. The summed E-state index contributed by atoms with van der Waals surface area (Å²) in [5.74, 6) is 0. The van der Waals surface area contributed by atoms with Crippen LogP contribution in [0.2, 0.25) is 0 Å². The molecule has 2 atom stereocenters. The zero-order chi connectivity index (χ0) is 15.3. The van der Waals surface area contributed by atoms with Gasteiger partial charge in [-0.2, -0.15) is 0 Å². The highest BCUT2D eigenvalue weighted by molar-refractivity contribution is 7.89. The summed E-state index contributed by atoms with van der Waals surface area (Å²) < 4.78 is 32.9. The Bertz CT molecular complexity index is 554. The van der Waals surface area contributed by atoms with E-state index >= 15 is 0 Å². The minimum atomic E-state index is -3.49. The van der Waals surface area contributed by atoms with Crippen LogP contribution in [0.15, 0.2) is 29.2 Å². The minimum Gasteiger partial charge on any atom is -0.380 e. The molecule has 1 aliphatic heterocycles. The van der Waals surface area contributed by atoms with Crippen molar-refractivity contribution in [3.8, 4) is 0 Å². The first-order valence-electron chi connectivity index (χ1n) is 7.46. The summed E-state index contributed by atoms with van der Waals surface area (Å²) >= 11 is 0. The molecule has 2 unspecified atom stereocenters. The summed E-state index contributed by atoms with van der Waals surface area (Å²) in [5, 5.41) is 3.29. The first kappa shape index (κ1) is 16.4. The van der Waals surface area contributed by atoms with Crippen LogP contribution >= 0.6 is 0 Å². The third-order valence-corrected chi connectivity index (χ3v) is 5.18. The summed E-state index contributed by atoms with van der Waals surface area (Å²) in [7, 11) is -3.49. The van der Waals surface area contributed by atoms with Crippen molar-refractivity contribution in [2.45, 2.75) is 43.7 Å². The molecule has 0 aromatic heterocycles. The Morgan fingerprint density at radius 1 is 1.43 bits per heavy atom. The predicted molar refractivity (Wildman–Crippen MR) is 82.7 cm³/mol. The maximum absolute atomic E-state index is 12.4. The van der Waals surface area contributed by atoms with Crippen LogP contribution in [0, 0.1) is 0 Å². The van der Waals surface area contributed by atoms with Gasteiger partial charge in [-0.15, -0.1) is 0 Å². The molecular formula is C15H24N2O3S. The average molecular weight is 312 g/mol. The van der Waals surface area contributed by atoms with Crippen molar-refractivity contribution in [2.24, 2.45) is 0 Å². The first-order valence-corrected chi connectivity index (χ1v) is 8.94. The molecule has 1 aromatic rings. The van der Waals surface area contributed by atoms with E-state index in [4.69, 9.17) is 4.74 Å². The summed E-state index contributed by atoms with van der Waals surface area (Å²) in [4.78, 5) is 0.315. The van der Waals surface area contributed by atoms with Gasteiger partial charge in [-0.25, -0.2) is 13.1 Å². The monoisotopic (exact) mass is 312 g/mol. The lowest BCUT2D eigenvalue weighted by Gasteiger charge is -2.23. The Balaban J connectivity index is 2.13. The van der Waals surface area contributed by atoms with Crippen molar-refractivity contribution in [1.82, 2.24) is 10.0 Å². The van der Waals surface area contributed by atoms with E-state index in [1.807, 2.05) is 19.9 Å². The molecule has 0 spiro atoms. The van der Waals surface area contributed by atoms with Crippen LogP contribution in [-0.4, -0.2) is 34.2 Å². The molecule has 0 saturated carbocycles. The van der Waals surface area contributed by atoms with Crippen LogP contribution in [-0.2, 0) is 14.8 Å². The van der Waals surface area contributed by atoms with E-state index in [1.165, 1.54) is 0 Å². The highest BCUT2D eigenvalue weighted by atomic mass is 32.2. The van der Waals surface area contributed by atoms with Gasteiger partial charge in [0.05, 0.1) is 11.5 Å². The zero-order valence-corrected chi connectivity index (χ0v) is 13.4. The van der Waals surface area contributed by atoms with Gasteiger partial charge in [0, 0.05) is 18.7 Å². The van der Waals surface area contributed by atoms with E-state index in [1.54, 1.807) is 18.2 Å². The molecule has 6 heteroatoms. The lowest BCUT2D eigenvalue weighted by molar-refractivity contribution is 0.0774. The van der Waals surface area contributed by atoms with Crippen LogP contribution in [0.4, 0.5) is 0 Å². The van der Waals surface area contributed by atoms with Crippen LogP contribution < -0.4 is 10.0 Å². The first-order chi connectivity index (χ1) is 10.0. The summed E-state index contributed by atoms with van der Waals surface area (Å²) in [6, 6.07) is 7.10. The molecule has 1 saturated heterocycles. The number of ether oxygens (including phenoxy) is 1. The standard InChI is InChI=1S/C15H24N2O3S/c1-3-16-12(2)13-6-4-8-15(10-13)21(18,19)17-14-7-5-9-20-11-14/h4,6,8,10,12,14,16-17H,3,5,7,9,11H2,1-2H3. The predicted octanol–water partition coefficient (Wildman–Crippen LogP) is 1.81. The van der Waals surface area contributed by atoms with Gasteiger partial charge in [0.15, 0.2) is 0 Å². The van der Waals surface area contributed by atoms with Gasteiger partial charge >= 0.3 is 0 Å². The minimum absolute atomic E-state index is 0.126. The van der Waals surface area contributed by atoms with Gasteiger partial charge in [0.25, 0.3) is 0 Å². The molecule has 0 aliphatic carbocycles. The third-order valence-electron chi connectivity index (χ3n) is 3.66. The second-order valence-corrected chi connectivity index (χ2v) is 7.10. The molecular weight excluding hydrogens is 288 g/mol. The summed E-state index contributed by atoms with van der Waals surface area (Å²) in [5.41, 5.74) is 0.972. The Kier molecular flexibility index (Phi) is 5.75. The van der Waals surface area contributed by atoms with Crippen molar-refractivity contribution in [1.29, 1.82) is 0 Å². The second kappa shape index (κ2) is 7.35. The smallest absolute Gasteiger partial charge is 0.240 e. The van der Waals surface area contributed by atoms with E-state index in [0.29, 0.717) is 18.1 Å². The fourth-order valence-corrected chi connectivity index (χ4v) is 3.81. The van der Waals surface area contributed by atoms with Gasteiger partial charge in [0.2, 0.25) is 10.0 Å². The number of hydrogen-bond donors (Lipinski definition) is 2. The number of rotatable bonds is 6. The van der Waals surface area contributed by atoms with Gasteiger partial charge in [-0.05, 0) is 44.0 Å². The fourth-order valence-electron chi connectivity index (χ4n) is 2.50. The molecule has 1 fully saturated rings. The average Bonchev–Trinajstić information content (AvgIpc) is 2.48. The molecule has 1 heterocycles. The van der Waals surface area contributed by atoms with Gasteiger partial charge in [-0.3, -0.25) is 0 Å². The molecule has 2 N–H and O–H groups in total. The topological polar surface area (TPSA) is 67.4 Å². The van der Waals surface area contributed by atoms with Gasteiger partial charge in [0.1, 0.15) is 0 Å². The van der Waals surface area contributed by atoms with Crippen molar-refractivity contribution >= 4 is 10.0 Å². The molecule has 0 amide bonds. The molecule has 118 valence electrons. The van der Waals surface area contributed by atoms with E-state index in [0.717, 1.165) is 24.9 Å². The zero-order valence-electron chi connectivity index (χ0n) is 12.6. The SMILES string of the molecule is CCNC(C)c1cccc(S(=O)(=O)NC2CCCOC2)c1. The van der Waals surface area contributed by atoms with Crippen LogP contribution in [0.25, 0.3) is 0 Å². The third kappa shape index (κ3) is 4.51. The molecule has 1 aliphatic rings. The van der Waals surface area contributed by atoms with Crippen molar-refractivity contribution in [3.05, 3.63) is 29.8 Å². The summed E-state index contributed by atoms with van der Waals surface area (Å²) in [6.45, 7) is 6.07. The van der Waals surface area contributed by atoms with Crippen LogP contribution in [0.3, 0.4) is 0 Å². The lowest BCUT2D eigenvalue weighted by Crippen LogP contribution is -2.40. The second-order valence-electron chi connectivity index (χ2n) is 5.39. The van der Waals surface area contributed by atoms with E-state index in [9.17, 15) is 8.42 Å². The largest absolute Gasteiger partial charge is 0.380 e. The lowest BCUT2D eigenvalue weighted by atomic mass is 10.1. The Morgan fingerprint density at radius 3 is 2.90 bits per heavy atom. The number of sulfonamides is 1. The molecule has 2 rings (SSSR count). The highest BCUT2D eigenvalue weighted by Crippen LogP contribution is 2.18. The number of nitrogens with one attached hydrogen (secondary N) is 2. The van der Waals surface area contributed by atoms with E-state index in [2.05, 4.69) is 10.0 Å². The quantitative estimate of drug-likeness (QED) is 0.841.